The number of carbonyl (C=O) groups is 2. The average molecular weight is 363 g/mol. The van der Waals surface area contributed by atoms with Gasteiger partial charge in [-0.3, -0.25) is 10.1 Å². The van der Waals surface area contributed by atoms with Crippen LogP contribution in [0, 0.1) is 0 Å². The Morgan fingerprint density at radius 3 is 2.41 bits per heavy atom. The lowest BCUT2D eigenvalue weighted by Crippen LogP contribution is -2.15. The highest BCUT2D eigenvalue weighted by molar-refractivity contribution is 9.10. The molecule has 2 rings (SSSR count). The summed E-state index contributed by atoms with van der Waals surface area (Å²) >= 11 is 3.35. The molecule has 0 saturated carbocycles. The molecule has 2 aromatic rings. The van der Waals surface area contributed by atoms with E-state index in [1.807, 2.05) is 12.1 Å². The van der Waals surface area contributed by atoms with Crippen molar-refractivity contribution in [2.45, 2.75) is 6.92 Å². The molecule has 114 valence electrons. The van der Waals surface area contributed by atoms with E-state index in [1.54, 1.807) is 43.3 Å². The first-order valence-electron chi connectivity index (χ1n) is 6.69. The summed E-state index contributed by atoms with van der Waals surface area (Å²) in [7, 11) is 0. The van der Waals surface area contributed by atoms with E-state index in [-0.39, 0.29) is 12.5 Å². The molecule has 2 amide bonds. The van der Waals surface area contributed by atoms with Gasteiger partial charge in [0, 0.05) is 21.4 Å². The predicted octanol–water partition coefficient (Wildman–Crippen LogP) is 4.27. The molecule has 0 bridgehead atoms. The maximum atomic E-state index is 12.2. The fraction of sp³-hybridized carbons (Fsp3) is 0.125. The molecule has 0 atom stereocenters. The van der Waals surface area contributed by atoms with Gasteiger partial charge in [-0.15, -0.1) is 0 Å². The Bertz CT molecular complexity index is 689. The molecule has 2 aromatic carbocycles. The van der Waals surface area contributed by atoms with Crippen LogP contribution in [-0.2, 0) is 4.74 Å². The standard InChI is InChI=1S/C16H15BrN2O3/c1-2-22-16(21)19-13-7-3-5-11(9-13)15(20)18-14-8-4-6-12(17)10-14/h3-10H,2H2,1H3,(H,18,20)(H,19,21). The van der Waals surface area contributed by atoms with Crippen molar-refractivity contribution in [3.63, 3.8) is 0 Å². The van der Waals surface area contributed by atoms with E-state index in [4.69, 9.17) is 4.74 Å². The molecule has 0 aromatic heterocycles. The van der Waals surface area contributed by atoms with Crippen LogP contribution in [0.15, 0.2) is 53.0 Å². The minimum absolute atomic E-state index is 0.259. The van der Waals surface area contributed by atoms with Crippen molar-refractivity contribution in [1.82, 2.24) is 0 Å². The van der Waals surface area contributed by atoms with E-state index in [2.05, 4.69) is 26.6 Å². The summed E-state index contributed by atoms with van der Waals surface area (Å²) in [5, 5.41) is 5.35. The van der Waals surface area contributed by atoms with Crippen molar-refractivity contribution >= 4 is 39.3 Å². The van der Waals surface area contributed by atoms with Crippen LogP contribution < -0.4 is 10.6 Å². The summed E-state index contributed by atoms with van der Waals surface area (Å²) in [6, 6.07) is 13.9. The number of ether oxygens (including phenoxy) is 1. The summed E-state index contributed by atoms with van der Waals surface area (Å²) in [4.78, 5) is 23.6. The van der Waals surface area contributed by atoms with E-state index < -0.39 is 6.09 Å². The first-order valence-corrected chi connectivity index (χ1v) is 7.48. The summed E-state index contributed by atoms with van der Waals surface area (Å²) in [6.07, 6.45) is -0.549. The first-order chi connectivity index (χ1) is 10.6. The monoisotopic (exact) mass is 362 g/mol. The van der Waals surface area contributed by atoms with Crippen molar-refractivity contribution in [2.75, 3.05) is 17.2 Å². The minimum atomic E-state index is -0.549. The van der Waals surface area contributed by atoms with E-state index in [0.717, 1.165) is 4.47 Å². The summed E-state index contributed by atoms with van der Waals surface area (Å²) < 4.78 is 5.68. The zero-order chi connectivity index (χ0) is 15.9. The van der Waals surface area contributed by atoms with Crippen molar-refractivity contribution in [2.24, 2.45) is 0 Å². The normalized spacial score (nSPS) is 9.91. The molecule has 0 aliphatic heterocycles. The maximum absolute atomic E-state index is 12.2. The summed E-state index contributed by atoms with van der Waals surface area (Å²) in [5.41, 5.74) is 1.62. The zero-order valence-corrected chi connectivity index (χ0v) is 13.5. The zero-order valence-electron chi connectivity index (χ0n) is 11.9. The van der Waals surface area contributed by atoms with Gasteiger partial charge in [0.15, 0.2) is 0 Å². The van der Waals surface area contributed by atoms with E-state index in [1.165, 1.54) is 0 Å². The van der Waals surface area contributed by atoms with Gasteiger partial charge in [0.05, 0.1) is 6.61 Å². The highest BCUT2D eigenvalue weighted by atomic mass is 79.9. The summed E-state index contributed by atoms with van der Waals surface area (Å²) in [6.45, 7) is 2.01. The van der Waals surface area contributed by atoms with Crippen molar-refractivity contribution in [3.05, 3.63) is 58.6 Å². The molecule has 0 aliphatic rings. The number of amides is 2. The summed E-state index contributed by atoms with van der Waals surface area (Å²) in [5.74, 6) is -0.259. The Morgan fingerprint density at radius 2 is 1.73 bits per heavy atom. The van der Waals surface area contributed by atoms with Crippen LogP contribution in [0.4, 0.5) is 16.2 Å². The third-order valence-corrected chi connectivity index (χ3v) is 3.22. The maximum Gasteiger partial charge on any atom is 0.411 e. The number of hydrogen-bond acceptors (Lipinski definition) is 3. The van der Waals surface area contributed by atoms with Gasteiger partial charge in [-0.05, 0) is 43.3 Å². The Hall–Kier alpha value is -2.34. The van der Waals surface area contributed by atoms with Gasteiger partial charge in [0.25, 0.3) is 5.91 Å². The lowest BCUT2D eigenvalue weighted by Gasteiger charge is -2.08. The molecule has 22 heavy (non-hydrogen) atoms. The fourth-order valence-electron chi connectivity index (χ4n) is 1.79. The second kappa shape index (κ2) is 7.61. The van der Waals surface area contributed by atoms with Crippen molar-refractivity contribution in [1.29, 1.82) is 0 Å². The fourth-order valence-corrected chi connectivity index (χ4v) is 2.19. The highest BCUT2D eigenvalue weighted by Gasteiger charge is 2.08. The molecule has 0 unspecified atom stereocenters. The van der Waals surface area contributed by atoms with Gasteiger partial charge in [-0.1, -0.05) is 28.1 Å². The quantitative estimate of drug-likeness (QED) is 0.853. The van der Waals surface area contributed by atoms with Crippen LogP contribution in [0.5, 0.6) is 0 Å². The number of anilines is 2. The van der Waals surface area contributed by atoms with Crippen molar-refractivity contribution in [3.8, 4) is 0 Å². The van der Waals surface area contributed by atoms with E-state index in [0.29, 0.717) is 16.9 Å². The first kappa shape index (κ1) is 16.0. The second-order valence-electron chi connectivity index (χ2n) is 4.39. The molecule has 0 saturated heterocycles. The van der Waals surface area contributed by atoms with Gasteiger partial charge in [0.2, 0.25) is 0 Å². The van der Waals surface area contributed by atoms with Crippen LogP contribution in [0.3, 0.4) is 0 Å². The topological polar surface area (TPSA) is 67.4 Å². The third kappa shape index (κ3) is 4.60. The SMILES string of the molecule is CCOC(=O)Nc1cccc(C(=O)Nc2cccc(Br)c2)c1. The molecule has 0 heterocycles. The largest absolute Gasteiger partial charge is 0.450 e. The lowest BCUT2D eigenvalue weighted by atomic mass is 10.2. The third-order valence-electron chi connectivity index (χ3n) is 2.73. The minimum Gasteiger partial charge on any atom is -0.450 e. The van der Waals surface area contributed by atoms with Gasteiger partial charge < -0.3 is 10.1 Å². The Labute approximate surface area is 136 Å². The Balaban J connectivity index is 2.08. The molecule has 5 nitrogen and oxygen atoms in total. The van der Waals surface area contributed by atoms with Gasteiger partial charge in [0.1, 0.15) is 0 Å². The van der Waals surface area contributed by atoms with Crippen LogP contribution in [0.2, 0.25) is 0 Å². The Kier molecular flexibility index (Phi) is 5.55. The van der Waals surface area contributed by atoms with Crippen LogP contribution >= 0.6 is 15.9 Å². The van der Waals surface area contributed by atoms with E-state index in [9.17, 15) is 9.59 Å². The molecule has 2 N–H and O–H groups in total. The molecule has 0 aliphatic carbocycles. The van der Waals surface area contributed by atoms with E-state index >= 15 is 0 Å². The molecule has 0 radical (unpaired) electrons. The number of hydrogen-bond donors (Lipinski definition) is 2. The number of rotatable bonds is 4. The number of nitrogens with one attached hydrogen (secondary N) is 2. The van der Waals surface area contributed by atoms with Crippen LogP contribution in [0.25, 0.3) is 0 Å². The van der Waals surface area contributed by atoms with Crippen LogP contribution in [0.1, 0.15) is 17.3 Å². The number of benzene rings is 2. The lowest BCUT2D eigenvalue weighted by molar-refractivity contribution is 0.102. The predicted molar refractivity (Wildman–Crippen MR) is 89.2 cm³/mol. The smallest absolute Gasteiger partial charge is 0.411 e. The van der Waals surface area contributed by atoms with Gasteiger partial charge in [-0.2, -0.15) is 0 Å². The molecule has 6 heteroatoms. The molecule has 0 spiro atoms. The average Bonchev–Trinajstić information content (AvgIpc) is 2.47. The van der Waals surface area contributed by atoms with Crippen LogP contribution in [-0.4, -0.2) is 18.6 Å². The van der Waals surface area contributed by atoms with Crippen molar-refractivity contribution < 1.29 is 14.3 Å². The highest BCUT2D eigenvalue weighted by Crippen LogP contribution is 2.17. The number of halogens is 1. The number of carbonyl (C=O) groups excluding carboxylic acids is 2. The molecule has 0 fully saturated rings. The molecular formula is C16H15BrN2O3. The molecular weight excluding hydrogens is 348 g/mol. The van der Waals surface area contributed by atoms with Gasteiger partial charge >= 0.3 is 6.09 Å². The second-order valence-corrected chi connectivity index (χ2v) is 5.31. The van der Waals surface area contributed by atoms with Gasteiger partial charge in [-0.25, -0.2) is 4.79 Å². The Morgan fingerprint density at radius 1 is 1.05 bits per heavy atom.